The second-order valence-electron chi connectivity index (χ2n) is 5.84. The molecule has 2 N–H and O–H groups in total. The van der Waals surface area contributed by atoms with E-state index in [9.17, 15) is 23.1 Å². The minimum absolute atomic E-state index is 0.0229. The van der Waals surface area contributed by atoms with Crippen molar-refractivity contribution in [1.82, 2.24) is 9.78 Å². The van der Waals surface area contributed by atoms with Gasteiger partial charge in [0.25, 0.3) is 11.5 Å². The maximum absolute atomic E-state index is 12.5. The number of nitrogens with one attached hydrogen (secondary N) is 1. The van der Waals surface area contributed by atoms with Gasteiger partial charge in [0.05, 0.1) is 22.0 Å². The lowest BCUT2D eigenvalue weighted by Crippen LogP contribution is -2.24. The van der Waals surface area contributed by atoms with Crippen molar-refractivity contribution in [1.29, 1.82) is 0 Å². The molecule has 28 heavy (non-hydrogen) atoms. The quantitative estimate of drug-likeness (QED) is 0.634. The maximum atomic E-state index is 12.5. The van der Waals surface area contributed by atoms with Gasteiger partial charge in [0.15, 0.2) is 9.84 Å². The molecule has 0 aliphatic rings. The smallest absolute Gasteiger partial charge is 0.276 e. The monoisotopic (exact) mass is 399 g/mol. The Hall–Kier alpha value is -3.46. The summed E-state index contributed by atoms with van der Waals surface area (Å²) in [5.74, 6) is -1.11. The summed E-state index contributed by atoms with van der Waals surface area (Å²) in [4.78, 5) is 24.6. The molecule has 1 amide bonds. The molecule has 0 spiro atoms. The van der Waals surface area contributed by atoms with E-state index >= 15 is 0 Å². The first-order valence-corrected chi connectivity index (χ1v) is 10.00. The normalized spacial score (nSPS) is 11.2. The van der Waals surface area contributed by atoms with Crippen LogP contribution in [0.15, 0.2) is 70.4 Å². The van der Waals surface area contributed by atoms with Gasteiger partial charge in [-0.2, -0.15) is 9.78 Å². The molecule has 3 rings (SSSR count). The minimum Gasteiger partial charge on any atom is -0.506 e. The van der Waals surface area contributed by atoms with Gasteiger partial charge in [-0.1, -0.05) is 25.1 Å². The van der Waals surface area contributed by atoms with E-state index in [1.54, 1.807) is 30.3 Å². The summed E-state index contributed by atoms with van der Waals surface area (Å²) < 4.78 is 25.1. The van der Waals surface area contributed by atoms with Gasteiger partial charge in [0.1, 0.15) is 11.4 Å². The van der Waals surface area contributed by atoms with Crippen LogP contribution in [0.5, 0.6) is 5.75 Å². The van der Waals surface area contributed by atoms with E-state index < -0.39 is 21.3 Å². The third-order valence-electron chi connectivity index (χ3n) is 3.99. The van der Waals surface area contributed by atoms with Gasteiger partial charge in [-0.15, -0.1) is 0 Å². The molecule has 0 unspecified atom stereocenters. The molecule has 0 saturated carbocycles. The fraction of sp³-hybridized carbons (Fsp3) is 0.105. The van der Waals surface area contributed by atoms with Crippen molar-refractivity contribution in [3.63, 3.8) is 0 Å². The van der Waals surface area contributed by atoms with Crippen LogP contribution in [0.25, 0.3) is 5.69 Å². The van der Waals surface area contributed by atoms with Crippen LogP contribution >= 0.6 is 0 Å². The van der Waals surface area contributed by atoms with Gasteiger partial charge in [-0.25, -0.2) is 8.42 Å². The van der Waals surface area contributed by atoms with Crippen molar-refractivity contribution in [3.8, 4) is 11.4 Å². The highest BCUT2D eigenvalue weighted by atomic mass is 32.2. The second-order valence-corrected chi connectivity index (χ2v) is 8.12. The third-order valence-corrected chi connectivity index (χ3v) is 5.72. The van der Waals surface area contributed by atoms with E-state index in [0.717, 1.165) is 4.68 Å². The summed E-state index contributed by atoms with van der Waals surface area (Å²) in [6.45, 7) is 1.50. The highest BCUT2D eigenvalue weighted by Gasteiger charge is 2.17. The van der Waals surface area contributed by atoms with Crippen LogP contribution in [-0.2, 0) is 9.84 Å². The number of anilines is 1. The molecule has 0 fully saturated rings. The fourth-order valence-corrected chi connectivity index (χ4v) is 3.35. The fourth-order valence-electron chi connectivity index (χ4n) is 2.45. The number of hydrogen-bond donors (Lipinski definition) is 2. The summed E-state index contributed by atoms with van der Waals surface area (Å²) in [5, 5.41) is 16.4. The largest absolute Gasteiger partial charge is 0.506 e. The molecule has 144 valence electrons. The zero-order chi connectivity index (χ0) is 20.3. The number of phenols is 1. The average molecular weight is 399 g/mol. The molecule has 3 aromatic rings. The Morgan fingerprint density at radius 3 is 2.50 bits per heavy atom. The molecule has 0 aliphatic heterocycles. The first-order chi connectivity index (χ1) is 13.3. The molecule has 8 nitrogen and oxygen atoms in total. The molecule has 1 aromatic heterocycles. The van der Waals surface area contributed by atoms with Gasteiger partial charge >= 0.3 is 0 Å². The van der Waals surface area contributed by atoms with Crippen molar-refractivity contribution in [2.24, 2.45) is 0 Å². The van der Waals surface area contributed by atoms with Crippen LogP contribution in [0.1, 0.15) is 17.4 Å². The van der Waals surface area contributed by atoms with E-state index in [2.05, 4.69) is 10.4 Å². The van der Waals surface area contributed by atoms with Crippen LogP contribution in [0, 0.1) is 0 Å². The molecule has 2 aromatic carbocycles. The number of phenolic OH excluding ortho intramolecular Hbond substituents is 1. The zero-order valence-corrected chi connectivity index (χ0v) is 15.7. The van der Waals surface area contributed by atoms with Crippen LogP contribution in [0.2, 0.25) is 0 Å². The number of aromatic hydroxyl groups is 1. The number of para-hydroxylation sites is 1. The lowest BCUT2D eigenvalue weighted by atomic mass is 10.2. The van der Waals surface area contributed by atoms with Crippen LogP contribution in [0.3, 0.4) is 0 Å². The molecule has 0 bridgehead atoms. The van der Waals surface area contributed by atoms with Crippen LogP contribution in [-0.4, -0.2) is 35.0 Å². The summed E-state index contributed by atoms with van der Waals surface area (Å²) >= 11 is 0. The topological polar surface area (TPSA) is 118 Å². The standard InChI is InChI=1S/C19H17N3O5S/c1-2-28(26,27)14-8-10-17(23)16(12-14)20-19(25)15-9-11-18(24)22(21-15)13-6-4-3-5-7-13/h3-12,23H,2H2,1H3,(H,20,25). The van der Waals surface area contributed by atoms with Gasteiger partial charge in [-0.05, 0) is 36.4 Å². The van der Waals surface area contributed by atoms with E-state index in [1.807, 2.05) is 0 Å². The predicted octanol–water partition coefficient (Wildman–Crippen LogP) is 1.98. The van der Waals surface area contributed by atoms with Gasteiger partial charge < -0.3 is 10.4 Å². The number of benzene rings is 2. The van der Waals surface area contributed by atoms with E-state index in [1.165, 1.54) is 37.3 Å². The molecule has 0 saturated heterocycles. The minimum atomic E-state index is -3.51. The molecule has 1 heterocycles. The summed E-state index contributed by atoms with van der Waals surface area (Å²) in [5.41, 5.74) is -0.0759. The SMILES string of the molecule is CCS(=O)(=O)c1ccc(O)c(NC(=O)c2ccc(=O)n(-c3ccccc3)n2)c1. The highest BCUT2D eigenvalue weighted by Crippen LogP contribution is 2.27. The number of amides is 1. The number of carbonyl (C=O) groups excluding carboxylic acids is 1. The first kappa shape index (κ1) is 19.3. The van der Waals surface area contributed by atoms with E-state index in [-0.39, 0.29) is 27.8 Å². The molecular weight excluding hydrogens is 382 g/mol. The Morgan fingerprint density at radius 1 is 1.11 bits per heavy atom. The lowest BCUT2D eigenvalue weighted by Gasteiger charge is -2.10. The number of nitrogens with zero attached hydrogens (tertiary/aromatic N) is 2. The molecule has 0 aliphatic carbocycles. The predicted molar refractivity (Wildman–Crippen MR) is 104 cm³/mol. The summed E-state index contributed by atoms with van der Waals surface area (Å²) in [7, 11) is -3.51. The molecule has 0 radical (unpaired) electrons. The van der Waals surface area contributed by atoms with Gasteiger partial charge in [0.2, 0.25) is 0 Å². The van der Waals surface area contributed by atoms with Crippen molar-refractivity contribution < 1.29 is 18.3 Å². The Balaban J connectivity index is 1.94. The number of aromatic nitrogens is 2. The zero-order valence-electron chi connectivity index (χ0n) is 14.9. The summed E-state index contributed by atoms with van der Waals surface area (Å²) in [6.07, 6.45) is 0. The van der Waals surface area contributed by atoms with Gasteiger partial charge in [-0.3, -0.25) is 9.59 Å². The maximum Gasteiger partial charge on any atom is 0.276 e. The van der Waals surface area contributed by atoms with Crippen molar-refractivity contribution in [2.45, 2.75) is 11.8 Å². The Bertz CT molecular complexity index is 1190. The Kier molecular flexibility index (Phi) is 5.27. The third kappa shape index (κ3) is 3.94. The number of hydrogen-bond acceptors (Lipinski definition) is 6. The Morgan fingerprint density at radius 2 is 1.82 bits per heavy atom. The second kappa shape index (κ2) is 7.65. The first-order valence-electron chi connectivity index (χ1n) is 8.35. The average Bonchev–Trinajstić information content (AvgIpc) is 2.70. The van der Waals surface area contributed by atoms with Crippen molar-refractivity contribution >= 4 is 21.4 Å². The van der Waals surface area contributed by atoms with E-state index in [0.29, 0.717) is 5.69 Å². The molecule has 0 atom stereocenters. The van der Waals surface area contributed by atoms with Crippen molar-refractivity contribution in [2.75, 3.05) is 11.1 Å². The van der Waals surface area contributed by atoms with Gasteiger partial charge in [0, 0.05) is 6.07 Å². The van der Waals surface area contributed by atoms with Crippen molar-refractivity contribution in [3.05, 3.63) is 76.7 Å². The molecule has 9 heteroatoms. The van der Waals surface area contributed by atoms with Crippen LogP contribution < -0.4 is 10.9 Å². The van der Waals surface area contributed by atoms with E-state index in [4.69, 9.17) is 0 Å². The highest BCUT2D eigenvalue weighted by molar-refractivity contribution is 7.91. The number of carbonyl (C=O) groups is 1. The Labute approximate surface area is 161 Å². The lowest BCUT2D eigenvalue weighted by molar-refractivity contribution is 0.102. The van der Waals surface area contributed by atoms with Crippen LogP contribution in [0.4, 0.5) is 5.69 Å². The number of sulfone groups is 1. The molecular formula is C19H17N3O5S. The summed E-state index contributed by atoms with van der Waals surface area (Å²) in [6, 6.07) is 14.7. The number of rotatable bonds is 5.